The van der Waals surface area contributed by atoms with Crippen molar-refractivity contribution in [2.45, 2.75) is 45.7 Å². The Kier molecular flexibility index (Phi) is 4.88. The van der Waals surface area contributed by atoms with E-state index in [1.54, 1.807) is 7.11 Å². The van der Waals surface area contributed by atoms with Crippen LogP contribution in [0.5, 0.6) is 5.75 Å². The van der Waals surface area contributed by atoms with Crippen LogP contribution in [0.4, 0.5) is 0 Å². The van der Waals surface area contributed by atoms with Gasteiger partial charge in [0.1, 0.15) is 5.75 Å². The topological polar surface area (TPSA) is 50.4 Å². The fourth-order valence-corrected chi connectivity index (χ4v) is 3.06. The molecule has 1 heterocycles. The molecule has 1 amide bonds. The van der Waals surface area contributed by atoms with E-state index in [1.807, 2.05) is 31.2 Å². The zero-order valence-corrected chi connectivity index (χ0v) is 13.4. The molecule has 4 nitrogen and oxygen atoms in total. The maximum atomic E-state index is 12.6. The molecule has 0 spiro atoms. The molecule has 1 aromatic rings. The summed E-state index contributed by atoms with van der Waals surface area (Å²) in [5.74, 6) is 0.874. The number of nitrogens with one attached hydrogen (secondary N) is 2. The number of rotatable bonds is 4. The molecule has 21 heavy (non-hydrogen) atoms. The first-order valence-electron chi connectivity index (χ1n) is 7.62. The predicted octanol–water partition coefficient (Wildman–Crippen LogP) is 2.65. The van der Waals surface area contributed by atoms with Gasteiger partial charge in [-0.2, -0.15) is 0 Å². The lowest BCUT2D eigenvalue weighted by Crippen LogP contribution is -2.55. The molecule has 2 rings (SSSR count). The first kappa shape index (κ1) is 15.8. The number of amides is 1. The first-order valence-corrected chi connectivity index (χ1v) is 7.62. The van der Waals surface area contributed by atoms with Crippen LogP contribution in [0.25, 0.3) is 0 Å². The van der Waals surface area contributed by atoms with E-state index in [1.165, 1.54) is 0 Å². The van der Waals surface area contributed by atoms with Crippen molar-refractivity contribution in [3.8, 4) is 5.75 Å². The predicted molar refractivity (Wildman–Crippen MR) is 84.4 cm³/mol. The average Bonchev–Trinajstić information content (AvgIpc) is 2.46. The summed E-state index contributed by atoms with van der Waals surface area (Å²) in [5, 5.41) is 6.47. The molecule has 1 aliphatic rings. The van der Waals surface area contributed by atoms with E-state index >= 15 is 0 Å². The van der Waals surface area contributed by atoms with Gasteiger partial charge < -0.3 is 15.4 Å². The standard InChI is InChI=1S/C17H26N2O2/c1-12(13-8-5-6-9-14(13)21-4)19-16(20)15-17(2,3)10-7-11-18-15/h5-6,8-9,12,15,18H,7,10-11H2,1-4H3,(H,19,20)/t12-,15?/m0/s1. The van der Waals surface area contributed by atoms with Crippen molar-refractivity contribution >= 4 is 5.91 Å². The van der Waals surface area contributed by atoms with Gasteiger partial charge in [0.05, 0.1) is 19.2 Å². The number of carbonyl (C=O) groups excluding carboxylic acids is 1. The van der Waals surface area contributed by atoms with Gasteiger partial charge in [-0.15, -0.1) is 0 Å². The second kappa shape index (κ2) is 6.48. The van der Waals surface area contributed by atoms with Crippen molar-refractivity contribution < 1.29 is 9.53 Å². The van der Waals surface area contributed by atoms with E-state index in [0.29, 0.717) is 0 Å². The second-order valence-corrected chi connectivity index (χ2v) is 6.45. The normalized spacial score (nSPS) is 22.4. The Labute approximate surface area is 127 Å². The summed E-state index contributed by atoms with van der Waals surface area (Å²) in [7, 11) is 1.65. The molecular formula is C17H26N2O2. The van der Waals surface area contributed by atoms with Crippen LogP contribution in [0, 0.1) is 5.41 Å². The molecule has 0 aliphatic carbocycles. The summed E-state index contributed by atoms with van der Waals surface area (Å²) in [6, 6.07) is 7.59. The monoisotopic (exact) mass is 290 g/mol. The maximum absolute atomic E-state index is 12.6. The third-order valence-electron chi connectivity index (χ3n) is 4.35. The minimum absolute atomic E-state index is 0.0111. The van der Waals surface area contributed by atoms with Crippen LogP contribution in [0.3, 0.4) is 0 Å². The zero-order valence-electron chi connectivity index (χ0n) is 13.4. The lowest BCUT2D eigenvalue weighted by molar-refractivity contribution is -0.127. The number of piperidine rings is 1. The fraction of sp³-hybridized carbons (Fsp3) is 0.588. The largest absolute Gasteiger partial charge is 0.496 e. The van der Waals surface area contributed by atoms with Gasteiger partial charge in [0.15, 0.2) is 0 Å². The molecule has 1 fully saturated rings. The molecular weight excluding hydrogens is 264 g/mol. The van der Waals surface area contributed by atoms with Crippen LogP contribution in [-0.4, -0.2) is 25.6 Å². The zero-order chi connectivity index (χ0) is 15.5. The Morgan fingerprint density at radius 3 is 2.81 bits per heavy atom. The molecule has 116 valence electrons. The van der Waals surface area contributed by atoms with E-state index in [4.69, 9.17) is 4.74 Å². The molecule has 0 saturated carbocycles. The first-order chi connectivity index (χ1) is 9.95. The van der Waals surface area contributed by atoms with Crippen molar-refractivity contribution in [2.75, 3.05) is 13.7 Å². The van der Waals surface area contributed by atoms with E-state index in [0.717, 1.165) is 30.7 Å². The smallest absolute Gasteiger partial charge is 0.238 e. The lowest BCUT2D eigenvalue weighted by Gasteiger charge is -2.38. The van der Waals surface area contributed by atoms with Crippen molar-refractivity contribution in [3.63, 3.8) is 0 Å². The Hall–Kier alpha value is -1.55. The molecule has 0 bridgehead atoms. The summed E-state index contributed by atoms with van der Waals surface area (Å²) in [4.78, 5) is 12.6. The quantitative estimate of drug-likeness (QED) is 0.896. The van der Waals surface area contributed by atoms with Crippen molar-refractivity contribution in [2.24, 2.45) is 5.41 Å². The van der Waals surface area contributed by atoms with Gasteiger partial charge in [-0.3, -0.25) is 4.79 Å². The molecule has 4 heteroatoms. The second-order valence-electron chi connectivity index (χ2n) is 6.45. The van der Waals surface area contributed by atoms with Gasteiger partial charge in [-0.05, 0) is 37.8 Å². The number of para-hydroxylation sites is 1. The number of methoxy groups -OCH3 is 1. The highest BCUT2D eigenvalue weighted by molar-refractivity contribution is 5.83. The molecule has 1 aliphatic heterocycles. The van der Waals surface area contributed by atoms with Gasteiger partial charge in [0, 0.05) is 5.56 Å². The van der Waals surface area contributed by atoms with E-state index < -0.39 is 0 Å². The van der Waals surface area contributed by atoms with E-state index in [-0.39, 0.29) is 23.4 Å². The van der Waals surface area contributed by atoms with Crippen molar-refractivity contribution in [3.05, 3.63) is 29.8 Å². The van der Waals surface area contributed by atoms with Crippen LogP contribution in [0.1, 0.15) is 45.2 Å². The van der Waals surface area contributed by atoms with Gasteiger partial charge in [-0.25, -0.2) is 0 Å². The SMILES string of the molecule is COc1ccccc1[C@H](C)NC(=O)C1NCCCC1(C)C. The number of carbonyl (C=O) groups is 1. The highest BCUT2D eigenvalue weighted by Gasteiger charge is 2.37. The van der Waals surface area contributed by atoms with Gasteiger partial charge in [-0.1, -0.05) is 32.0 Å². The summed E-state index contributed by atoms with van der Waals surface area (Å²) in [6.07, 6.45) is 2.19. The summed E-state index contributed by atoms with van der Waals surface area (Å²) >= 11 is 0. The molecule has 2 N–H and O–H groups in total. The number of hydrogen-bond donors (Lipinski definition) is 2. The Morgan fingerprint density at radius 1 is 1.43 bits per heavy atom. The van der Waals surface area contributed by atoms with Gasteiger partial charge >= 0.3 is 0 Å². The van der Waals surface area contributed by atoms with Crippen LogP contribution >= 0.6 is 0 Å². The highest BCUT2D eigenvalue weighted by atomic mass is 16.5. The van der Waals surface area contributed by atoms with Crippen LogP contribution in [0.2, 0.25) is 0 Å². The van der Waals surface area contributed by atoms with Crippen molar-refractivity contribution in [1.82, 2.24) is 10.6 Å². The Balaban J connectivity index is 2.08. The van der Waals surface area contributed by atoms with Crippen LogP contribution in [-0.2, 0) is 4.79 Å². The Morgan fingerprint density at radius 2 is 2.14 bits per heavy atom. The third-order valence-corrected chi connectivity index (χ3v) is 4.35. The minimum atomic E-state index is -0.136. The van der Waals surface area contributed by atoms with Crippen LogP contribution < -0.4 is 15.4 Å². The molecule has 1 aromatic carbocycles. The van der Waals surface area contributed by atoms with Gasteiger partial charge in [0.2, 0.25) is 5.91 Å². The maximum Gasteiger partial charge on any atom is 0.238 e. The minimum Gasteiger partial charge on any atom is -0.496 e. The highest BCUT2D eigenvalue weighted by Crippen LogP contribution is 2.31. The van der Waals surface area contributed by atoms with E-state index in [2.05, 4.69) is 24.5 Å². The third kappa shape index (κ3) is 3.56. The molecule has 0 radical (unpaired) electrons. The average molecular weight is 290 g/mol. The number of benzene rings is 1. The van der Waals surface area contributed by atoms with Gasteiger partial charge in [0.25, 0.3) is 0 Å². The number of ether oxygens (including phenoxy) is 1. The lowest BCUT2D eigenvalue weighted by atomic mass is 9.77. The summed E-state index contributed by atoms with van der Waals surface area (Å²) in [5.41, 5.74) is 0.991. The number of hydrogen-bond acceptors (Lipinski definition) is 3. The van der Waals surface area contributed by atoms with Crippen LogP contribution in [0.15, 0.2) is 24.3 Å². The molecule has 1 unspecified atom stereocenters. The molecule has 2 atom stereocenters. The van der Waals surface area contributed by atoms with E-state index in [9.17, 15) is 4.79 Å². The summed E-state index contributed by atoms with van der Waals surface area (Å²) in [6.45, 7) is 7.20. The van der Waals surface area contributed by atoms with Crippen molar-refractivity contribution in [1.29, 1.82) is 0 Å². The molecule has 0 aromatic heterocycles. The summed E-state index contributed by atoms with van der Waals surface area (Å²) < 4.78 is 5.37. The fourth-order valence-electron chi connectivity index (χ4n) is 3.06. The molecule has 1 saturated heterocycles. The Bertz CT molecular complexity index is 499.